The maximum Gasteiger partial charge on any atom is 0.264 e. The van der Waals surface area contributed by atoms with Gasteiger partial charge in [0.2, 0.25) is 0 Å². The Morgan fingerprint density at radius 2 is 2.14 bits per heavy atom. The lowest BCUT2D eigenvalue weighted by molar-refractivity contribution is 0.00871. The lowest BCUT2D eigenvalue weighted by Crippen LogP contribution is -2.34. The number of aliphatic hydroxyl groups excluding tert-OH is 1. The van der Waals surface area contributed by atoms with Crippen molar-refractivity contribution >= 4 is 38.0 Å². The topological polar surface area (TPSA) is 136 Å². The van der Waals surface area contributed by atoms with Crippen LogP contribution < -0.4 is 14.8 Å². The number of carbonyl (C=O) groups is 1. The number of nitrogens with one attached hydrogen (secondary N) is 2. The number of hydrogen-bond acceptors (Lipinski definition) is 9. The summed E-state index contributed by atoms with van der Waals surface area (Å²) in [6, 6.07) is 4.04. The molecule has 11 nitrogen and oxygen atoms in total. The van der Waals surface area contributed by atoms with Gasteiger partial charge in [-0.3, -0.25) is 9.52 Å². The van der Waals surface area contributed by atoms with Crippen molar-refractivity contribution in [1.29, 1.82) is 0 Å². The number of carbonyl (C=O) groups excluding carboxylic acids is 1. The van der Waals surface area contributed by atoms with Crippen molar-refractivity contribution in [1.82, 2.24) is 19.3 Å². The molecule has 5 atom stereocenters. The van der Waals surface area contributed by atoms with Gasteiger partial charge in [-0.05, 0) is 36.9 Å². The molecule has 37 heavy (non-hydrogen) atoms. The van der Waals surface area contributed by atoms with Crippen LogP contribution in [0.25, 0.3) is 5.52 Å². The van der Waals surface area contributed by atoms with Crippen LogP contribution >= 0.6 is 0 Å². The van der Waals surface area contributed by atoms with E-state index in [-0.39, 0.29) is 24.7 Å². The molecule has 3 aromatic rings. The van der Waals surface area contributed by atoms with Crippen LogP contribution in [0.2, 0.25) is 0 Å². The molecule has 4 heterocycles. The first-order valence-electron chi connectivity index (χ1n) is 11.8. The van der Waals surface area contributed by atoms with Crippen LogP contribution in [0.15, 0.2) is 30.7 Å². The van der Waals surface area contributed by atoms with E-state index in [4.69, 9.17) is 14.2 Å². The van der Waals surface area contributed by atoms with Gasteiger partial charge in [-0.1, -0.05) is 6.92 Å². The average Bonchev–Trinajstić information content (AvgIpc) is 3.56. The smallest absolute Gasteiger partial charge is 0.264 e. The van der Waals surface area contributed by atoms with E-state index in [9.17, 15) is 18.5 Å². The van der Waals surface area contributed by atoms with Crippen molar-refractivity contribution in [3.8, 4) is 5.75 Å². The summed E-state index contributed by atoms with van der Waals surface area (Å²) >= 11 is 0. The lowest BCUT2D eigenvalue weighted by atomic mass is 10.1. The van der Waals surface area contributed by atoms with Crippen molar-refractivity contribution in [2.45, 2.75) is 45.2 Å². The number of anilines is 2. The molecule has 198 valence electrons. The summed E-state index contributed by atoms with van der Waals surface area (Å²) in [6.45, 7) is 5.45. The Kier molecular flexibility index (Phi) is 6.79. The molecular weight excluding hydrogens is 505 g/mol. The Morgan fingerprint density at radius 1 is 1.35 bits per heavy atom. The highest BCUT2D eigenvalue weighted by Gasteiger charge is 2.48. The predicted molar refractivity (Wildman–Crippen MR) is 135 cm³/mol. The maximum absolute atomic E-state index is 14.2. The third kappa shape index (κ3) is 4.75. The first-order valence-corrected chi connectivity index (χ1v) is 13.6. The second kappa shape index (κ2) is 9.89. The minimum atomic E-state index is -2.63. The fourth-order valence-corrected chi connectivity index (χ4v) is 5.54. The van der Waals surface area contributed by atoms with Gasteiger partial charge in [-0.25, -0.2) is 18.1 Å². The molecule has 0 aliphatic carbocycles. The van der Waals surface area contributed by atoms with Crippen LogP contribution in [0.1, 0.15) is 29.8 Å². The molecule has 0 saturated carbocycles. The molecule has 5 unspecified atom stereocenters. The van der Waals surface area contributed by atoms with E-state index in [0.29, 0.717) is 28.1 Å². The van der Waals surface area contributed by atoms with Crippen LogP contribution in [-0.4, -0.2) is 78.6 Å². The van der Waals surface area contributed by atoms with Crippen molar-refractivity contribution < 1.29 is 32.7 Å². The van der Waals surface area contributed by atoms with E-state index in [1.807, 2.05) is 0 Å². The van der Waals surface area contributed by atoms with E-state index >= 15 is 0 Å². The Balaban J connectivity index is 1.45. The third-order valence-electron chi connectivity index (χ3n) is 6.60. The van der Waals surface area contributed by atoms with Gasteiger partial charge < -0.3 is 24.6 Å². The molecule has 0 spiro atoms. The van der Waals surface area contributed by atoms with Gasteiger partial charge in [0.1, 0.15) is 41.7 Å². The number of aryl methyl sites for hydroxylation is 1. The molecule has 2 aliphatic rings. The molecule has 2 aromatic heterocycles. The Bertz CT molecular complexity index is 1470. The Hall–Kier alpha value is -3.26. The highest BCUT2D eigenvalue weighted by atomic mass is 32.2. The number of rotatable bonds is 7. The third-order valence-corrected chi connectivity index (χ3v) is 8.75. The molecule has 1 aromatic carbocycles. The number of aromatic nitrogens is 3. The summed E-state index contributed by atoms with van der Waals surface area (Å²) in [7, 11) is -2.63. The molecule has 1 amide bonds. The normalized spacial score (nSPS) is 24.5. The number of hydrogen-bond donors (Lipinski definition) is 3. The van der Waals surface area contributed by atoms with Crippen LogP contribution in [0.3, 0.4) is 0 Å². The lowest BCUT2D eigenvalue weighted by Gasteiger charge is -2.20. The Morgan fingerprint density at radius 3 is 2.89 bits per heavy atom. The molecule has 13 heteroatoms. The minimum absolute atomic E-state index is 0.148. The number of ether oxygens (including phenoxy) is 3. The summed E-state index contributed by atoms with van der Waals surface area (Å²) in [5.74, 6) is -0.145. The average molecular weight is 534 g/mol. The van der Waals surface area contributed by atoms with Gasteiger partial charge in [0, 0.05) is 18.0 Å². The maximum atomic E-state index is 14.2. The minimum Gasteiger partial charge on any atom is -0.483 e. The Labute approximate surface area is 213 Å². The van der Waals surface area contributed by atoms with Gasteiger partial charge in [-0.2, -0.15) is 5.10 Å². The monoisotopic (exact) mass is 533 g/mol. The van der Waals surface area contributed by atoms with E-state index in [0.717, 1.165) is 0 Å². The quantitative estimate of drug-likeness (QED) is 0.387. The summed E-state index contributed by atoms with van der Waals surface area (Å²) in [6.07, 6.45) is 0.630. The SMILES string of the molecule is CC=S(=O)(CC)NC(=O)c1cn2ncnc(Nc3ccc(F)cc3OC3COC4C(O)COC34)c2c1C. The van der Waals surface area contributed by atoms with Crippen LogP contribution in [-0.2, 0) is 19.2 Å². The van der Waals surface area contributed by atoms with Gasteiger partial charge in [0.15, 0.2) is 11.9 Å². The van der Waals surface area contributed by atoms with Gasteiger partial charge in [0.25, 0.3) is 5.91 Å². The molecule has 3 N–H and O–H groups in total. The summed E-state index contributed by atoms with van der Waals surface area (Å²) in [5, 5.41) is 18.9. The van der Waals surface area contributed by atoms with Gasteiger partial charge in [0.05, 0.1) is 34.2 Å². The van der Waals surface area contributed by atoms with Crippen molar-refractivity contribution in [3.05, 3.63) is 47.7 Å². The number of fused-ring (bicyclic) bond motifs is 2. The highest BCUT2D eigenvalue weighted by Crippen LogP contribution is 2.35. The number of aliphatic hydroxyl groups is 1. The van der Waals surface area contributed by atoms with Gasteiger partial charge in [-0.15, -0.1) is 0 Å². The molecule has 2 saturated heterocycles. The zero-order valence-corrected chi connectivity index (χ0v) is 21.3. The zero-order chi connectivity index (χ0) is 26.3. The first kappa shape index (κ1) is 25.4. The largest absolute Gasteiger partial charge is 0.483 e. The highest BCUT2D eigenvalue weighted by molar-refractivity contribution is 7.99. The van der Waals surface area contributed by atoms with E-state index in [1.165, 1.54) is 34.4 Å². The fourth-order valence-electron chi connectivity index (χ4n) is 4.52. The molecular formula is C24H28FN5O6S. The number of nitrogens with zero attached hydrogens (tertiary/aromatic N) is 3. The van der Waals surface area contributed by atoms with E-state index in [2.05, 4.69) is 20.1 Å². The summed E-state index contributed by atoms with van der Waals surface area (Å²) in [4.78, 5) is 17.3. The summed E-state index contributed by atoms with van der Waals surface area (Å²) < 4.78 is 48.3. The zero-order valence-electron chi connectivity index (χ0n) is 20.5. The molecule has 0 radical (unpaired) electrons. The molecule has 0 bridgehead atoms. The van der Waals surface area contributed by atoms with Crippen LogP contribution in [0.4, 0.5) is 15.9 Å². The van der Waals surface area contributed by atoms with Gasteiger partial charge >= 0.3 is 0 Å². The fraction of sp³-hybridized carbons (Fsp3) is 0.417. The van der Waals surface area contributed by atoms with Crippen LogP contribution in [0, 0.1) is 12.7 Å². The number of amides is 1. The predicted octanol–water partition coefficient (Wildman–Crippen LogP) is 1.60. The van der Waals surface area contributed by atoms with Crippen LogP contribution in [0.5, 0.6) is 5.75 Å². The summed E-state index contributed by atoms with van der Waals surface area (Å²) in [5.41, 5.74) is 1.80. The standard InChI is InChI=1S/C24H28FN5O6S/c1-4-37(33,5-2)29-24(32)15-9-30-20(13(15)3)23(26-12-27-30)28-16-7-6-14(25)8-18(16)36-19-11-35-21-17(31)10-34-22(19)21/h4,6-9,12,17,19,21-22,31H,5,10-11H2,1-3H3,(H,26,27,28)(H,29,32,33). The molecule has 2 fully saturated rings. The van der Waals surface area contributed by atoms with Crippen molar-refractivity contribution in [3.63, 3.8) is 0 Å². The molecule has 2 aliphatic heterocycles. The van der Waals surface area contributed by atoms with E-state index < -0.39 is 45.8 Å². The number of benzene rings is 1. The van der Waals surface area contributed by atoms with Crippen molar-refractivity contribution in [2.24, 2.45) is 0 Å². The number of halogens is 1. The first-order chi connectivity index (χ1) is 17.7. The van der Waals surface area contributed by atoms with E-state index in [1.54, 1.807) is 27.0 Å². The molecule has 5 rings (SSSR count). The van der Waals surface area contributed by atoms with Crippen molar-refractivity contribution in [2.75, 3.05) is 24.3 Å². The second-order valence-corrected chi connectivity index (χ2v) is 11.5. The second-order valence-electron chi connectivity index (χ2n) is 8.84.